The molecule has 0 radical (unpaired) electrons. The average Bonchev–Trinajstić information content (AvgIpc) is 2.15. The predicted molar refractivity (Wildman–Crippen MR) is 61.9 cm³/mol. The molecule has 7 heteroatoms. The van der Waals surface area contributed by atoms with Crippen molar-refractivity contribution in [2.24, 2.45) is 0 Å². The highest BCUT2D eigenvalue weighted by molar-refractivity contribution is 8.23. The Kier molecular flexibility index (Phi) is 7.06. The zero-order chi connectivity index (χ0) is 11.8. The van der Waals surface area contributed by atoms with Crippen LogP contribution in [0.3, 0.4) is 0 Å². The Hall–Kier alpha value is -0.820. The second-order valence-corrected chi connectivity index (χ2v) is 4.18. The van der Waals surface area contributed by atoms with E-state index in [9.17, 15) is 9.59 Å². The number of hydrogen-bond donors (Lipinski definition) is 2. The van der Waals surface area contributed by atoms with E-state index in [0.29, 0.717) is 6.61 Å². The maximum atomic E-state index is 11.2. The molecule has 5 nitrogen and oxygen atoms in total. The summed E-state index contributed by atoms with van der Waals surface area (Å²) in [4.78, 5) is 21.6. The molecule has 0 aromatic carbocycles. The topological polar surface area (TPSA) is 75.6 Å². The summed E-state index contributed by atoms with van der Waals surface area (Å²) in [6.07, 6.45) is 0. The van der Waals surface area contributed by atoms with Crippen molar-refractivity contribution in [1.82, 2.24) is 5.32 Å². The van der Waals surface area contributed by atoms with Crippen molar-refractivity contribution in [3.63, 3.8) is 0 Å². The number of ether oxygens (including phenoxy) is 1. The zero-order valence-electron chi connectivity index (χ0n) is 8.48. The van der Waals surface area contributed by atoms with E-state index in [0.717, 1.165) is 11.8 Å². The van der Waals surface area contributed by atoms with Crippen LogP contribution in [0.15, 0.2) is 0 Å². The molecule has 0 saturated carbocycles. The van der Waals surface area contributed by atoms with E-state index < -0.39 is 12.0 Å². The van der Waals surface area contributed by atoms with E-state index in [4.69, 9.17) is 22.1 Å². The Labute approximate surface area is 97.6 Å². The molecule has 0 fully saturated rings. The van der Waals surface area contributed by atoms with Gasteiger partial charge in [-0.15, -0.1) is 0 Å². The molecule has 0 saturated heterocycles. The van der Waals surface area contributed by atoms with Crippen molar-refractivity contribution in [1.29, 1.82) is 0 Å². The van der Waals surface area contributed by atoms with E-state index in [1.807, 2.05) is 0 Å². The fourth-order valence-corrected chi connectivity index (χ4v) is 1.46. The molecule has 86 valence electrons. The largest absolute Gasteiger partial charge is 0.480 e. The SMILES string of the molecule is CCOC(=S)SCC(=O)NC(C)C(=O)O. The lowest BCUT2D eigenvalue weighted by atomic mass is 10.3. The Morgan fingerprint density at radius 2 is 2.20 bits per heavy atom. The fourth-order valence-electron chi connectivity index (χ4n) is 0.629. The molecule has 0 aliphatic heterocycles. The number of carboxylic acid groups (broad SMARTS) is 1. The molecule has 0 aliphatic carbocycles. The molecular weight excluding hydrogens is 238 g/mol. The van der Waals surface area contributed by atoms with Gasteiger partial charge in [-0.2, -0.15) is 0 Å². The van der Waals surface area contributed by atoms with Gasteiger partial charge in [-0.3, -0.25) is 9.59 Å². The molecule has 0 bridgehead atoms. The monoisotopic (exact) mass is 251 g/mol. The molecule has 0 heterocycles. The molecule has 1 atom stereocenters. The van der Waals surface area contributed by atoms with Gasteiger partial charge >= 0.3 is 5.97 Å². The van der Waals surface area contributed by atoms with E-state index in [1.165, 1.54) is 6.92 Å². The van der Waals surface area contributed by atoms with Gasteiger partial charge < -0.3 is 15.2 Å². The number of nitrogens with one attached hydrogen (secondary N) is 1. The van der Waals surface area contributed by atoms with Crippen LogP contribution in [-0.4, -0.2) is 39.8 Å². The minimum atomic E-state index is -1.07. The van der Waals surface area contributed by atoms with Crippen LogP contribution in [0, 0.1) is 0 Å². The summed E-state index contributed by atoms with van der Waals surface area (Å²) in [6.45, 7) is 3.64. The van der Waals surface area contributed by atoms with Crippen LogP contribution in [0.4, 0.5) is 0 Å². The van der Waals surface area contributed by atoms with Crippen LogP contribution >= 0.6 is 24.0 Å². The van der Waals surface area contributed by atoms with Crippen molar-refractivity contribution in [2.45, 2.75) is 19.9 Å². The number of rotatable bonds is 5. The summed E-state index contributed by atoms with van der Waals surface area (Å²) in [5.74, 6) is -1.38. The predicted octanol–water partition coefficient (Wildman–Crippen LogP) is 0.630. The second kappa shape index (κ2) is 7.47. The molecule has 2 N–H and O–H groups in total. The number of thiocarbonyl (C=S) groups is 1. The van der Waals surface area contributed by atoms with E-state index in [-0.39, 0.29) is 16.0 Å². The second-order valence-electron chi connectivity index (χ2n) is 2.60. The summed E-state index contributed by atoms with van der Waals surface area (Å²) >= 11 is 5.85. The standard InChI is InChI=1S/C8H13NO4S2/c1-3-13-8(14)15-4-6(10)9-5(2)7(11)12/h5H,3-4H2,1-2H3,(H,9,10)(H,11,12). The van der Waals surface area contributed by atoms with E-state index >= 15 is 0 Å². The van der Waals surface area contributed by atoms with E-state index in [1.54, 1.807) is 6.92 Å². The average molecular weight is 251 g/mol. The van der Waals surface area contributed by atoms with Crippen LogP contribution in [0.25, 0.3) is 0 Å². The Balaban J connectivity index is 3.75. The highest BCUT2D eigenvalue weighted by Crippen LogP contribution is 2.05. The van der Waals surface area contributed by atoms with Gasteiger partial charge in [0.1, 0.15) is 6.04 Å². The summed E-state index contributed by atoms with van der Waals surface area (Å²) in [7, 11) is 0. The third-order valence-electron chi connectivity index (χ3n) is 1.33. The van der Waals surface area contributed by atoms with Gasteiger partial charge in [0, 0.05) is 0 Å². The van der Waals surface area contributed by atoms with Crippen molar-refractivity contribution in [3.8, 4) is 0 Å². The smallest absolute Gasteiger partial charge is 0.325 e. The van der Waals surface area contributed by atoms with Gasteiger partial charge in [0.15, 0.2) is 0 Å². The lowest BCUT2D eigenvalue weighted by molar-refractivity contribution is -0.140. The minimum Gasteiger partial charge on any atom is -0.480 e. The lowest BCUT2D eigenvalue weighted by Crippen LogP contribution is -2.39. The molecule has 0 aliphatic rings. The van der Waals surface area contributed by atoms with Crippen molar-refractivity contribution < 1.29 is 19.4 Å². The molecule has 1 unspecified atom stereocenters. The van der Waals surface area contributed by atoms with Crippen LogP contribution in [0.5, 0.6) is 0 Å². The first-order valence-corrected chi connectivity index (χ1v) is 5.68. The summed E-state index contributed by atoms with van der Waals surface area (Å²) in [6, 6.07) is -0.890. The van der Waals surface area contributed by atoms with E-state index in [2.05, 4.69) is 5.32 Å². The number of thioether (sulfide) groups is 1. The van der Waals surface area contributed by atoms with Gasteiger partial charge in [-0.05, 0) is 26.1 Å². The lowest BCUT2D eigenvalue weighted by Gasteiger charge is -2.09. The van der Waals surface area contributed by atoms with Gasteiger partial charge in [0.25, 0.3) is 0 Å². The van der Waals surface area contributed by atoms with Gasteiger partial charge in [0.05, 0.1) is 12.4 Å². The normalized spacial score (nSPS) is 11.6. The number of amides is 1. The fraction of sp³-hybridized carbons (Fsp3) is 0.625. The van der Waals surface area contributed by atoms with Crippen LogP contribution < -0.4 is 5.32 Å². The number of carbonyl (C=O) groups excluding carboxylic acids is 1. The van der Waals surface area contributed by atoms with Crippen LogP contribution in [0.2, 0.25) is 0 Å². The summed E-state index contributed by atoms with van der Waals surface area (Å²) in [5.41, 5.74) is 0. The Morgan fingerprint density at radius 1 is 1.60 bits per heavy atom. The van der Waals surface area contributed by atoms with Crippen LogP contribution in [0.1, 0.15) is 13.8 Å². The summed E-state index contributed by atoms with van der Waals surface area (Å²) in [5, 5.41) is 10.8. The number of carbonyl (C=O) groups is 2. The first kappa shape index (κ1) is 14.2. The maximum absolute atomic E-state index is 11.2. The van der Waals surface area contributed by atoms with Gasteiger partial charge in [0.2, 0.25) is 10.3 Å². The molecule has 0 aromatic heterocycles. The molecule has 0 rings (SSSR count). The maximum Gasteiger partial charge on any atom is 0.325 e. The summed E-state index contributed by atoms with van der Waals surface area (Å²) < 4.78 is 5.23. The first-order chi connectivity index (χ1) is 6.97. The van der Waals surface area contributed by atoms with Gasteiger partial charge in [-0.25, -0.2) is 0 Å². The van der Waals surface area contributed by atoms with Crippen molar-refractivity contribution >= 4 is 40.2 Å². The number of carboxylic acids is 1. The van der Waals surface area contributed by atoms with Crippen molar-refractivity contribution in [2.75, 3.05) is 12.4 Å². The van der Waals surface area contributed by atoms with Gasteiger partial charge in [-0.1, -0.05) is 11.8 Å². The molecular formula is C8H13NO4S2. The third kappa shape index (κ3) is 7.15. The quantitative estimate of drug-likeness (QED) is 0.698. The molecule has 0 aromatic rings. The Morgan fingerprint density at radius 3 is 2.67 bits per heavy atom. The van der Waals surface area contributed by atoms with Crippen LogP contribution in [-0.2, 0) is 14.3 Å². The minimum absolute atomic E-state index is 0.0659. The molecule has 15 heavy (non-hydrogen) atoms. The molecule has 0 spiro atoms. The highest BCUT2D eigenvalue weighted by atomic mass is 32.2. The molecule has 1 amide bonds. The Bertz CT molecular complexity index is 257. The zero-order valence-corrected chi connectivity index (χ0v) is 10.1. The van der Waals surface area contributed by atoms with Crippen molar-refractivity contribution in [3.05, 3.63) is 0 Å². The highest BCUT2D eigenvalue weighted by Gasteiger charge is 2.14. The first-order valence-electron chi connectivity index (χ1n) is 4.29. The third-order valence-corrected chi connectivity index (χ3v) is 2.56. The number of aliphatic carboxylic acids is 1. The number of hydrogen-bond acceptors (Lipinski definition) is 5.